The molecular weight excluding hydrogens is 288 g/mol. The lowest BCUT2D eigenvalue weighted by Gasteiger charge is -2.33. The Morgan fingerprint density at radius 1 is 1.04 bits per heavy atom. The smallest absolute Gasteiger partial charge is 0.256 e. The van der Waals surface area contributed by atoms with E-state index in [0.29, 0.717) is 11.4 Å². The third kappa shape index (κ3) is 3.87. The SMILES string of the molecule is Cc1ccc(C(=O)Nc2ccc(N3CCN(C)CC3)cn2)cc1. The molecule has 5 nitrogen and oxygen atoms in total. The molecule has 0 radical (unpaired) electrons. The van der Waals surface area contributed by atoms with Crippen LogP contribution in [0.2, 0.25) is 0 Å². The topological polar surface area (TPSA) is 48.5 Å². The van der Waals surface area contributed by atoms with Crippen molar-refractivity contribution in [1.29, 1.82) is 0 Å². The van der Waals surface area contributed by atoms with Crippen LogP contribution in [0.25, 0.3) is 0 Å². The number of aryl methyl sites for hydroxylation is 1. The first-order valence-corrected chi connectivity index (χ1v) is 7.89. The van der Waals surface area contributed by atoms with Crippen LogP contribution in [0.15, 0.2) is 42.6 Å². The van der Waals surface area contributed by atoms with Crippen molar-refractivity contribution < 1.29 is 4.79 Å². The van der Waals surface area contributed by atoms with Gasteiger partial charge in [0.15, 0.2) is 0 Å². The lowest BCUT2D eigenvalue weighted by Crippen LogP contribution is -2.44. The van der Waals surface area contributed by atoms with Gasteiger partial charge in [-0.25, -0.2) is 4.98 Å². The summed E-state index contributed by atoms with van der Waals surface area (Å²) in [6.07, 6.45) is 1.83. The first kappa shape index (κ1) is 15.5. The van der Waals surface area contributed by atoms with Crippen LogP contribution in [-0.4, -0.2) is 49.0 Å². The van der Waals surface area contributed by atoms with E-state index in [0.717, 1.165) is 37.4 Å². The fraction of sp³-hybridized carbons (Fsp3) is 0.333. The second-order valence-corrected chi connectivity index (χ2v) is 6.01. The molecule has 1 fully saturated rings. The number of hydrogen-bond acceptors (Lipinski definition) is 4. The molecule has 0 saturated carbocycles. The van der Waals surface area contributed by atoms with Crippen LogP contribution in [0.1, 0.15) is 15.9 Å². The maximum Gasteiger partial charge on any atom is 0.256 e. The van der Waals surface area contributed by atoms with E-state index >= 15 is 0 Å². The average molecular weight is 310 g/mol. The highest BCUT2D eigenvalue weighted by Gasteiger charge is 2.14. The largest absolute Gasteiger partial charge is 0.368 e. The zero-order valence-corrected chi connectivity index (χ0v) is 13.6. The Kier molecular flexibility index (Phi) is 4.57. The molecule has 1 aromatic carbocycles. The van der Waals surface area contributed by atoms with Gasteiger partial charge in [0, 0.05) is 31.7 Å². The number of amides is 1. The number of nitrogens with one attached hydrogen (secondary N) is 1. The van der Waals surface area contributed by atoms with Gasteiger partial charge < -0.3 is 15.1 Å². The molecule has 0 aliphatic carbocycles. The van der Waals surface area contributed by atoms with Crippen LogP contribution < -0.4 is 10.2 Å². The molecule has 1 aliphatic heterocycles. The second kappa shape index (κ2) is 6.79. The highest BCUT2D eigenvalue weighted by atomic mass is 16.1. The normalized spacial score (nSPS) is 15.5. The zero-order chi connectivity index (χ0) is 16.2. The Hall–Kier alpha value is -2.40. The van der Waals surface area contributed by atoms with Crippen LogP contribution in [0.4, 0.5) is 11.5 Å². The van der Waals surface area contributed by atoms with E-state index < -0.39 is 0 Å². The molecule has 2 aromatic rings. The van der Waals surface area contributed by atoms with E-state index in [9.17, 15) is 4.79 Å². The number of anilines is 2. The number of carbonyl (C=O) groups excluding carboxylic acids is 1. The number of carbonyl (C=O) groups is 1. The minimum atomic E-state index is -0.134. The summed E-state index contributed by atoms with van der Waals surface area (Å²) in [6, 6.07) is 11.4. The molecule has 5 heteroatoms. The number of rotatable bonds is 3. The van der Waals surface area contributed by atoms with E-state index in [2.05, 4.69) is 27.1 Å². The Bertz CT molecular complexity index is 658. The summed E-state index contributed by atoms with van der Waals surface area (Å²) in [5.41, 5.74) is 2.88. The van der Waals surface area contributed by atoms with Crippen LogP contribution in [0, 0.1) is 6.92 Å². The molecule has 1 saturated heterocycles. The fourth-order valence-electron chi connectivity index (χ4n) is 2.61. The minimum Gasteiger partial charge on any atom is -0.368 e. The van der Waals surface area contributed by atoms with Gasteiger partial charge in [-0.15, -0.1) is 0 Å². The summed E-state index contributed by atoms with van der Waals surface area (Å²) in [5, 5.41) is 2.84. The second-order valence-electron chi connectivity index (χ2n) is 6.01. The lowest BCUT2D eigenvalue weighted by molar-refractivity contribution is 0.102. The molecular formula is C18H22N4O. The van der Waals surface area contributed by atoms with Crippen molar-refractivity contribution in [2.45, 2.75) is 6.92 Å². The molecule has 1 N–H and O–H groups in total. The van der Waals surface area contributed by atoms with Crippen molar-refractivity contribution in [3.8, 4) is 0 Å². The first-order valence-electron chi connectivity index (χ1n) is 7.89. The number of nitrogens with zero attached hydrogens (tertiary/aromatic N) is 3. The number of benzene rings is 1. The van der Waals surface area contributed by atoms with E-state index in [1.807, 2.05) is 49.5 Å². The summed E-state index contributed by atoms with van der Waals surface area (Å²) < 4.78 is 0. The maximum absolute atomic E-state index is 12.2. The molecule has 3 rings (SSSR count). The van der Waals surface area contributed by atoms with E-state index in [1.165, 1.54) is 0 Å². The molecule has 0 unspecified atom stereocenters. The van der Waals surface area contributed by atoms with Crippen molar-refractivity contribution >= 4 is 17.4 Å². The third-order valence-electron chi connectivity index (χ3n) is 4.17. The Morgan fingerprint density at radius 2 is 1.74 bits per heavy atom. The lowest BCUT2D eigenvalue weighted by atomic mass is 10.1. The standard InChI is InChI=1S/C18H22N4O/c1-14-3-5-15(6-4-14)18(23)20-17-8-7-16(13-19-17)22-11-9-21(2)10-12-22/h3-8,13H,9-12H2,1-2H3,(H,19,20,23). The summed E-state index contributed by atoms with van der Waals surface area (Å²) >= 11 is 0. The number of hydrogen-bond donors (Lipinski definition) is 1. The molecule has 1 aromatic heterocycles. The number of aromatic nitrogens is 1. The van der Waals surface area contributed by atoms with Gasteiger partial charge >= 0.3 is 0 Å². The van der Waals surface area contributed by atoms with Gasteiger partial charge in [-0.2, -0.15) is 0 Å². The maximum atomic E-state index is 12.2. The number of likely N-dealkylation sites (N-methyl/N-ethyl adjacent to an activating group) is 1. The van der Waals surface area contributed by atoms with Crippen LogP contribution in [0.5, 0.6) is 0 Å². The van der Waals surface area contributed by atoms with Crippen molar-refractivity contribution in [2.75, 3.05) is 43.4 Å². The van der Waals surface area contributed by atoms with E-state index in [-0.39, 0.29) is 5.91 Å². The molecule has 120 valence electrons. The average Bonchev–Trinajstić information content (AvgIpc) is 2.57. The first-order chi connectivity index (χ1) is 11.1. The number of pyridine rings is 1. The number of piperazine rings is 1. The molecule has 0 bridgehead atoms. The monoisotopic (exact) mass is 310 g/mol. The Morgan fingerprint density at radius 3 is 2.35 bits per heavy atom. The molecule has 2 heterocycles. The Balaban J connectivity index is 1.63. The zero-order valence-electron chi connectivity index (χ0n) is 13.6. The quantitative estimate of drug-likeness (QED) is 0.946. The van der Waals surface area contributed by atoms with Crippen molar-refractivity contribution in [3.63, 3.8) is 0 Å². The van der Waals surface area contributed by atoms with Crippen LogP contribution in [-0.2, 0) is 0 Å². The molecule has 0 atom stereocenters. The molecule has 1 amide bonds. The van der Waals surface area contributed by atoms with Crippen molar-refractivity contribution in [2.24, 2.45) is 0 Å². The predicted molar refractivity (Wildman–Crippen MR) is 93.1 cm³/mol. The van der Waals surface area contributed by atoms with Crippen molar-refractivity contribution in [1.82, 2.24) is 9.88 Å². The van der Waals surface area contributed by atoms with Gasteiger partial charge in [-0.1, -0.05) is 17.7 Å². The van der Waals surface area contributed by atoms with Gasteiger partial charge in [0.1, 0.15) is 5.82 Å². The molecule has 1 aliphatic rings. The summed E-state index contributed by atoms with van der Waals surface area (Å²) in [4.78, 5) is 21.2. The summed E-state index contributed by atoms with van der Waals surface area (Å²) in [7, 11) is 2.14. The Labute approximate surface area is 136 Å². The summed E-state index contributed by atoms with van der Waals surface area (Å²) in [5.74, 6) is 0.443. The van der Waals surface area contributed by atoms with Gasteiger partial charge in [-0.05, 0) is 38.2 Å². The van der Waals surface area contributed by atoms with Crippen LogP contribution in [0.3, 0.4) is 0 Å². The minimum absolute atomic E-state index is 0.134. The molecule has 23 heavy (non-hydrogen) atoms. The van der Waals surface area contributed by atoms with Gasteiger partial charge in [0.05, 0.1) is 11.9 Å². The van der Waals surface area contributed by atoms with Gasteiger partial charge in [0.2, 0.25) is 0 Å². The van der Waals surface area contributed by atoms with E-state index in [1.54, 1.807) is 0 Å². The van der Waals surface area contributed by atoms with E-state index in [4.69, 9.17) is 0 Å². The third-order valence-corrected chi connectivity index (χ3v) is 4.17. The van der Waals surface area contributed by atoms with Gasteiger partial charge in [0.25, 0.3) is 5.91 Å². The van der Waals surface area contributed by atoms with Gasteiger partial charge in [-0.3, -0.25) is 4.79 Å². The highest BCUT2D eigenvalue weighted by molar-refractivity contribution is 6.03. The predicted octanol–water partition coefficient (Wildman–Crippen LogP) is 2.39. The van der Waals surface area contributed by atoms with Crippen molar-refractivity contribution in [3.05, 3.63) is 53.7 Å². The fourth-order valence-corrected chi connectivity index (χ4v) is 2.61. The highest BCUT2D eigenvalue weighted by Crippen LogP contribution is 2.17. The summed E-state index contributed by atoms with van der Waals surface area (Å²) in [6.45, 7) is 6.14. The molecule has 0 spiro atoms. The van der Waals surface area contributed by atoms with Crippen LogP contribution >= 0.6 is 0 Å².